The number of nitrogens with two attached hydrogens (primary N) is 1. The van der Waals surface area contributed by atoms with Crippen molar-refractivity contribution in [3.8, 4) is 0 Å². The highest BCUT2D eigenvalue weighted by Gasteiger charge is 2.32. The van der Waals surface area contributed by atoms with E-state index in [1.807, 2.05) is 12.1 Å². The standard InChI is InChI=1S/C14H21BrN2/c1-14(2)8-4-3-5-13(14)17-12-7-6-10(16)9-11(12)15/h6-7,9,13,17H,3-5,8,16H2,1-2H3. The van der Waals surface area contributed by atoms with E-state index in [0.717, 1.165) is 15.8 Å². The number of hydrogen-bond donors (Lipinski definition) is 2. The maximum Gasteiger partial charge on any atom is 0.0488 e. The van der Waals surface area contributed by atoms with Crippen LogP contribution in [-0.4, -0.2) is 6.04 Å². The number of hydrogen-bond acceptors (Lipinski definition) is 2. The molecule has 3 N–H and O–H groups in total. The Kier molecular flexibility index (Phi) is 3.67. The van der Waals surface area contributed by atoms with Crippen LogP contribution in [0.4, 0.5) is 11.4 Å². The van der Waals surface area contributed by atoms with Gasteiger partial charge in [-0.05, 0) is 52.4 Å². The molecular weight excluding hydrogens is 276 g/mol. The molecule has 0 heterocycles. The van der Waals surface area contributed by atoms with Gasteiger partial charge in [-0.25, -0.2) is 0 Å². The lowest BCUT2D eigenvalue weighted by molar-refractivity contribution is 0.217. The topological polar surface area (TPSA) is 38.0 Å². The molecule has 0 saturated heterocycles. The molecule has 0 spiro atoms. The van der Waals surface area contributed by atoms with Crippen LogP contribution < -0.4 is 11.1 Å². The molecule has 1 aromatic rings. The van der Waals surface area contributed by atoms with Gasteiger partial charge < -0.3 is 11.1 Å². The van der Waals surface area contributed by atoms with E-state index in [-0.39, 0.29) is 0 Å². The fourth-order valence-electron chi connectivity index (χ4n) is 2.60. The number of rotatable bonds is 2. The van der Waals surface area contributed by atoms with E-state index in [4.69, 9.17) is 5.73 Å². The van der Waals surface area contributed by atoms with Crippen molar-refractivity contribution in [2.24, 2.45) is 5.41 Å². The zero-order valence-corrected chi connectivity index (χ0v) is 12.2. The van der Waals surface area contributed by atoms with Gasteiger partial charge in [0.1, 0.15) is 0 Å². The van der Waals surface area contributed by atoms with Crippen LogP contribution in [0.15, 0.2) is 22.7 Å². The first kappa shape index (κ1) is 12.7. The summed E-state index contributed by atoms with van der Waals surface area (Å²) in [6, 6.07) is 6.52. The van der Waals surface area contributed by atoms with Crippen LogP contribution in [0.3, 0.4) is 0 Å². The Bertz CT molecular complexity index is 401. The number of benzene rings is 1. The van der Waals surface area contributed by atoms with Crippen molar-refractivity contribution in [2.45, 2.75) is 45.6 Å². The fraction of sp³-hybridized carbons (Fsp3) is 0.571. The van der Waals surface area contributed by atoms with Crippen LogP contribution in [0.5, 0.6) is 0 Å². The van der Waals surface area contributed by atoms with Crippen LogP contribution in [0.25, 0.3) is 0 Å². The maximum atomic E-state index is 5.76. The molecule has 1 fully saturated rings. The molecule has 1 saturated carbocycles. The molecule has 1 aliphatic rings. The van der Waals surface area contributed by atoms with Gasteiger partial charge in [0.05, 0.1) is 0 Å². The SMILES string of the molecule is CC1(C)CCCCC1Nc1ccc(N)cc1Br. The van der Waals surface area contributed by atoms with Crippen LogP contribution in [0.2, 0.25) is 0 Å². The molecule has 0 radical (unpaired) electrons. The first-order chi connectivity index (χ1) is 7.99. The summed E-state index contributed by atoms with van der Waals surface area (Å²) < 4.78 is 1.05. The fourth-order valence-corrected chi connectivity index (χ4v) is 3.11. The molecule has 2 rings (SSSR count). The van der Waals surface area contributed by atoms with Crippen molar-refractivity contribution >= 4 is 27.3 Å². The molecule has 1 aromatic carbocycles. The van der Waals surface area contributed by atoms with Crippen molar-refractivity contribution in [3.63, 3.8) is 0 Å². The zero-order chi connectivity index (χ0) is 12.5. The quantitative estimate of drug-likeness (QED) is 0.793. The molecule has 17 heavy (non-hydrogen) atoms. The van der Waals surface area contributed by atoms with Crippen molar-refractivity contribution in [3.05, 3.63) is 22.7 Å². The Hall–Kier alpha value is -0.700. The summed E-state index contributed by atoms with van der Waals surface area (Å²) in [6.07, 6.45) is 5.24. The monoisotopic (exact) mass is 296 g/mol. The second kappa shape index (κ2) is 4.89. The highest BCUT2D eigenvalue weighted by atomic mass is 79.9. The second-order valence-electron chi connectivity index (χ2n) is 5.67. The summed E-state index contributed by atoms with van der Waals surface area (Å²) in [5, 5.41) is 3.66. The minimum atomic E-state index is 0.374. The number of anilines is 2. The maximum absolute atomic E-state index is 5.76. The van der Waals surface area contributed by atoms with Gasteiger partial charge >= 0.3 is 0 Å². The summed E-state index contributed by atoms with van der Waals surface area (Å²) in [5.74, 6) is 0. The van der Waals surface area contributed by atoms with Crippen molar-refractivity contribution < 1.29 is 0 Å². The average Bonchev–Trinajstić information content (AvgIpc) is 2.24. The van der Waals surface area contributed by atoms with E-state index in [9.17, 15) is 0 Å². The molecule has 0 amide bonds. The van der Waals surface area contributed by atoms with E-state index in [0.29, 0.717) is 11.5 Å². The summed E-state index contributed by atoms with van der Waals surface area (Å²) in [4.78, 5) is 0. The number of nitrogens with one attached hydrogen (secondary N) is 1. The Morgan fingerprint density at radius 2 is 2.12 bits per heavy atom. The van der Waals surface area contributed by atoms with Crippen LogP contribution in [-0.2, 0) is 0 Å². The van der Waals surface area contributed by atoms with E-state index in [1.54, 1.807) is 0 Å². The normalized spacial score (nSPS) is 23.4. The molecule has 3 heteroatoms. The molecule has 2 nitrogen and oxygen atoms in total. The van der Waals surface area contributed by atoms with E-state index < -0.39 is 0 Å². The predicted molar refractivity (Wildman–Crippen MR) is 78.2 cm³/mol. The van der Waals surface area contributed by atoms with Crippen LogP contribution in [0, 0.1) is 5.41 Å². The third-order valence-corrected chi connectivity index (χ3v) is 4.49. The second-order valence-corrected chi connectivity index (χ2v) is 6.52. The Balaban J connectivity index is 2.14. The van der Waals surface area contributed by atoms with E-state index >= 15 is 0 Å². The first-order valence-corrected chi connectivity index (χ1v) is 7.10. The van der Waals surface area contributed by atoms with Gasteiger partial charge in [0.15, 0.2) is 0 Å². The Morgan fingerprint density at radius 3 is 2.76 bits per heavy atom. The van der Waals surface area contributed by atoms with E-state index in [1.165, 1.54) is 25.7 Å². The third kappa shape index (κ3) is 2.95. The molecule has 1 atom stereocenters. The molecular formula is C14H21BrN2. The number of halogens is 1. The zero-order valence-electron chi connectivity index (χ0n) is 10.6. The molecule has 0 bridgehead atoms. The molecule has 1 unspecified atom stereocenters. The summed E-state index contributed by atoms with van der Waals surface area (Å²) in [6.45, 7) is 4.71. The molecule has 0 aliphatic heterocycles. The molecule has 1 aliphatic carbocycles. The van der Waals surface area contributed by atoms with Crippen molar-refractivity contribution in [1.82, 2.24) is 0 Å². The minimum Gasteiger partial charge on any atom is -0.399 e. The minimum absolute atomic E-state index is 0.374. The highest BCUT2D eigenvalue weighted by Crippen LogP contribution is 2.38. The van der Waals surface area contributed by atoms with Gasteiger partial charge in [0.2, 0.25) is 0 Å². The predicted octanol–water partition coefficient (Wildman–Crippen LogP) is 4.41. The van der Waals surface area contributed by atoms with Crippen LogP contribution in [0.1, 0.15) is 39.5 Å². The largest absolute Gasteiger partial charge is 0.399 e. The lowest BCUT2D eigenvalue weighted by atomic mass is 9.73. The van der Waals surface area contributed by atoms with Crippen LogP contribution >= 0.6 is 15.9 Å². The molecule has 0 aromatic heterocycles. The third-order valence-electron chi connectivity index (χ3n) is 3.83. The number of nitrogen functional groups attached to an aromatic ring is 1. The lowest BCUT2D eigenvalue weighted by Gasteiger charge is -2.39. The van der Waals surface area contributed by atoms with Gasteiger partial charge in [-0.3, -0.25) is 0 Å². The Labute approximate surface area is 112 Å². The van der Waals surface area contributed by atoms with Gasteiger partial charge in [-0.1, -0.05) is 26.7 Å². The summed E-state index contributed by atoms with van der Waals surface area (Å²) >= 11 is 3.57. The van der Waals surface area contributed by atoms with Gasteiger partial charge in [-0.2, -0.15) is 0 Å². The summed E-state index contributed by atoms with van der Waals surface area (Å²) in [5.41, 5.74) is 8.08. The average molecular weight is 297 g/mol. The Morgan fingerprint density at radius 1 is 1.35 bits per heavy atom. The van der Waals surface area contributed by atoms with Gasteiger partial charge in [-0.15, -0.1) is 0 Å². The van der Waals surface area contributed by atoms with Crippen molar-refractivity contribution in [1.29, 1.82) is 0 Å². The van der Waals surface area contributed by atoms with E-state index in [2.05, 4.69) is 41.2 Å². The van der Waals surface area contributed by atoms with Gasteiger partial charge in [0.25, 0.3) is 0 Å². The lowest BCUT2D eigenvalue weighted by Crippen LogP contribution is -2.38. The molecule has 94 valence electrons. The summed E-state index contributed by atoms with van der Waals surface area (Å²) in [7, 11) is 0. The first-order valence-electron chi connectivity index (χ1n) is 6.30. The van der Waals surface area contributed by atoms with Crippen molar-refractivity contribution in [2.75, 3.05) is 11.1 Å². The highest BCUT2D eigenvalue weighted by molar-refractivity contribution is 9.10. The van der Waals surface area contributed by atoms with Gasteiger partial charge in [0, 0.05) is 21.9 Å². The smallest absolute Gasteiger partial charge is 0.0488 e.